The van der Waals surface area contributed by atoms with Crippen molar-refractivity contribution in [2.75, 3.05) is 4.90 Å². The maximum Gasteiger partial charge on any atom is 0.294 e. The van der Waals surface area contributed by atoms with Crippen LogP contribution in [0.5, 0.6) is 0 Å². The van der Waals surface area contributed by atoms with E-state index in [0.29, 0.717) is 6.42 Å². The fraction of sp³-hybridized carbons (Fsp3) is 0.333. The molecule has 0 saturated heterocycles. The highest BCUT2D eigenvalue weighted by Crippen LogP contribution is 2.44. The molecule has 4 nitrogen and oxygen atoms in total. The topological polar surface area (TPSA) is 57.6 Å². The summed E-state index contributed by atoms with van der Waals surface area (Å²) >= 11 is 1.48. The van der Waals surface area contributed by atoms with Crippen molar-refractivity contribution in [3.63, 3.8) is 0 Å². The molecule has 1 amide bonds. The highest BCUT2D eigenvalue weighted by atomic mass is 32.1. The predicted molar refractivity (Wildman–Crippen MR) is 105 cm³/mol. The van der Waals surface area contributed by atoms with Crippen LogP contribution >= 0.6 is 11.3 Å². The van der Waals surface area contributed by atoms with Crippen LogP contribution < -0.4 is 4.90 Å². The van der Waals surface area contributed by atoms with E-state index in [0.717, 1.165) is 21.7 Å². The first-order valence-corrected chi connectivity index (χ1v) is 9.59. The number of aliphatic hydroxyl groups is 1. The van der Waals surface area contributed by atoms with Gasteiger partial charge in [-0.1, -0.05) is 32.0 Å². The molecule has 0 spiro atoms. The van der Waals surface area contributed by atoms with Gasteiger partial charge >= 0.3 is 0 Å². The number of Topliss-reactive ketones (excluding diaryl/α,β-unsaturated/α-hetero) is 1. The highest BCUT2D eigenvalue weighted by Gasteiger charge is 2.45. The lowest BCUT2D eigenvalue weighted by Gasteiger charge is -2.27. The zero-order valence-electron chi connectivity index (χ0n) is 15.4. The van der Waals surface area contributed by atoms with E-state index >= 15 is 0 Å². The van der Waals surface area contributed by atoms with Crippen molar-refractivity contribution in [1.82, 2.24) is 0 Å². The van der Waals surface area contributed by atoms with Crippen molar-refractivity contribution in [3.05, 3.63) is 63.0 Å². The van der Waals surface area contributed by atoms with Gasteiger partial charge in [0, 0.05) is 17.0 Å². The summed E-state index contributed by atoms with van der Waals surface area (Å²) in [7, 11) is 0. The Labute approximate surface area is 157 Å². The smallest absolute Gasteiger partial charge is 0.294 e. The molecule has 1 aliphatic rings. The lowest BCUT2D eigenvalue weighted by Crippen LogP contribution is -2.31. The Morgan fingerprint density at radius 2 is 2.00 bits per heavy atom. The maximum absolute atomic E-state index is 12.9. The fourth-order valence-electron chi connectivity index (χ4n) is 3.31. The molecule has 1 aliphatic heterocycles. The quantitative estimate of drug-likeness (QED) is 0.817. The Kier molecular flexibility index (Phi) is 5.01. The van der Waals surface area contributed by atoms with Gasteiger partial charge in [-0.2, -0.15) is 0 Å². The van der Waals surface area contributed by atoms with Crippen molar-refractivity contribution in [2.45, 2.75) is 40.2 Å². The maximum atomic E-state index is 12.9. The van der Waals surface area contributed by atoms with Gasteiger partial charge in [0.2, 0.25) is 0 Å². The zero-order valence-corrected chi connectivity index (χ0v) is 16.3. The Balaban J connectivity index is 2.15. The molecule has 0 radical (unpaired) electrons. The molecule has 3 rings (SSSR count). The summed E-state index contributed by atoms with van der Waals surface area (Å²) < 4.78 is 0. The fourth-order valence-corrected chi connectivity index (χ4v) is 4.14. The van der Waals surface area contributed by atoms with Crippen LogP contribution in [0.25, 0.3) is 0 Å². The van der Waals surface area contributed by atoms with Crippen molar-refractivity contribution in [3.8, 4) is 0 Å². The number of amides is 1. The SMILES string of the molecule is Cc1ccc(C)c(N2C(=O)C(O)=C(C(=O)CC(C)C)C2c2cccs2)c1. The van der Waals surface area contributed by atoms with Crippen molar-refractivity contribution in [1.29, 1.82) is 0 Å². The van der Waals surface area contributed by atoms with Crippen molar-refractivity contribution < 1.29 is 14.7 Å². The monoisotopic (exact) mass is 369 g/mol. The molecule has 1 atom stereocenters. The van der Waals surface area contributed by atoms with Crippen LogP contribution in [0.2, 0.25) is 0 Å². The molecule has 1 unspecified atom stereocenters. The second-order valence-electron chi connectivity index (χ2n) is 7.17. The highest BCUT2D eigenvalue weighted by molar-refractivity contribution is 7.10. The minimum Gasteiger partial charge on any atom is -0.503 e. The van der Waals surface area contributed by atoms with Crippen LogP contribution in [0.3, 0.4) is 0 Å². The number of carbonyl (C=O) groups is 2. The number of thiophene rings is 1. The number of benzene rings is 1. The van der Waals surface area contributed by atoms with Crippen molar-refractivity contribution >= 4 is 28.7 Å². The molecule has 2 aromatic rings. The molecule has 136 valence electrons. The molecule has 1 N–H and O–H groups in total. The average molecular weight is 369 g/mol. The first kappa shape index (κ1) is 18.4. The van der Waals surface area contributed by atoms with Gasteiger partial charge in [0.1, 0.15) is 6.04 Å². The van der Waals surface area contributed by atoms with Crippen LogP contribution in [0, 0.1) is 19.8 Å². The third kappa shape index (κ3) is 3.19. The van der Waals surface area contributed by atoms with E-state index < -0.39 is 17.7 Å². The third-order valence-corrected chi connectivity index (χ3v) is 5.46. The van der Waals surface area contributed by atoms with Crippen molar-refractivity contribution in [2.24, 2.45) is 5.92 Å². The standard InChI is InChI=1S/C21H23NO3S/c1-12(2)10-16(23)18-19(17-6-5-9-26-17)22(21(25)20(18)24)15-11-13(3)7-8-14(15)4/h5-9,11-12,19,24H,10H2,1-4H3. The van der Waals surface area contributed by atoms with E-state index in [4.69, 9.17) is 0 Å². The van der Waals surface area contributed by atoms with E-state index in [9.17, 15) is 14.7 Å². The van der Waals surface area contributed by atoms with Crippen LogP contribution in [0.1, 0.15) is 42.3 Å². The number of aryl methyl sites for hydroxylation is 2. The number of nitrogens with zero attached hydrogens (tertiary/aromatic N) is 1. The Morgan fingerprint density at radius 3 is 2.62 bits per heavy atom. The van der Waals surface area contributed by atoms with Crippen LogP contribution in [0.4, 0.5) is 5.69 Å². The molecular weight excluding hydrogens is 346 g/mol. The molecule has 0 aliphatic carbocycles. The van der Waals surface area contributed by atoms with Gasteiger partial charge in [-0.3, -0.25) is 14.5 Å². The third-order valence-electron chi connectivity index (χ3n) is 4.54. The van der Waals surface area contributed by atoms with Crippen LogP contribution in [0.15, 0.2) is 47.0 Å². The molecule has 0 bridgehead atoms. The summed E-state index contributed by atoms with van der Waals surface area (Å²) in [5.74, 6) is -0.951. The summed E-state index contributed by atoms with van der Waals surface area (Å²) in [6, 6.07) is 9.09. The lowest BCUT2D eigenvalue weighted by molar-refractivity contribution is -0.118. The van der Waals surface area contributed by atoms with Crippen LogP contribution in [-0.2, 0) is 9.59 Å². The second kappa shape index (κ2) is 7.08. The van der Waals surface area contributed by atoms with Gasteiger partial charge in [-0.25, -0.2) is 0 Å². The zero-order chi connectivity index (χ0) is 19.0. The van der Waals surface area contributed by atoms with Gasteiger partial charge < -0.3 is 5.11 Å². The summed E-state index contributed by atoms with van der Waals surface area (Å²) in [6.07, 6.45) is 0.301. The van der Waals surface area contributed by atoms with E-state index in [1.807, 2.05) is 63.4 Å². The molecule has 1 aromatic carbocycles. The summed E-state index contributed by atoms with van der Waals surface area (Å²) in [5, 5.41) is 12.5. The normalized spacial score (nSPS) is 17.5. The summed E-state index contributed by atoms with van der Waals surface area (Å²) in [4.78, 5) is 28.2. The number of aliphatic hydroxyl groups excluding tert-OH is 1. The minimum atomic E-state index is -0.575. The molecule has 5 heteroatoms. The van der Waals surface area contributed by atoms with E-state index in [1.54, 1.807) is 4.90 Å². The van der Waals surface area contributed by atoms with Crippen LogP contribution in [-0.4, -0.2) is 16.8 Å². The van der Waals surface area contributed by atoms with Gasteiger partial charge in [0.15, 0.2) is 11.5 Å². The molecule has 0 fully saturated rings. The minimum absolute atomic E-state index is 0.150. The first-order chi connectivity index (χ1) is 12.3. The van der Waals surface area contributed by atoms with Gasteiger partial charge in [0.25, 0.3) is 5.91 Å². The first-order valence-electron chi connectivity index (χ1n) is 8.71. The van der Waals surface area contributed by atoms with Gasteiger partial charge in [0.05, 0.1) is 5.57 Å². The Hall–Kier alpha value is -2.40. The molecular formula is C21H23NO3S. The second-order valence-corrected chi connectivity index (χ2v) is 8.15. The summed E-state index contributed by atoms with van der Waals surface area (Å²) in [6.45, 7) is 7.80. The average Bonchev–Trinajstić information content (AvgIpc) is 3.17. The van der Waals surface area contributed by atoms with E-state index in [-0.39, 0.29) is 17.3 Å². The van der Waals surface area contributed by atoms with E-state index in [2.05, 4.69) is 0 Å². The number of anilines is 1. The molecule has 0 saturated carbocycles. The molecule has 2 heterocycles. The van der Waals surface area contributed by atoms with Gasteiger partial charge in [-0.05, 0) is 48.4 Å². The van der Waals surface area contributed by atoms with Gasteiger partial charge in [-0.15, -0.1) is 11.3 Å². The Bertz CT molecular complexity index is 881. The number of ketones is 1. The molecule has 26 heavy (non-hydrogen) atoms. The Morgan fingerprint density at radius 1 is 1.27 bits per heavy atom. The number of rotatable bonds is 5. The lowest BCUT2D eigenvalue weighted by atomic mass is 9.95. The summed E-state index contributed by atoms with van der Waals surface area (Å²) in [5.41, 5.74) is 2.89. The largest absolute Gasteiger partial charge is 0.503 e. The number of carbonyl (C=O) groups excluding carboxylic acids is 2. The number of hydrogen-bond acceptors (Lipinski definition) is 4. The number of hydrogen-bond donors (Lipinski definition) is 1. The molecule has 1 aromatic heterocycles. The van der Waals surface area contributed by atoms with E-state index in [1.165, 1.54) is 11.3 Å². The predicted octanol–water partition coefficient (Wildman–Crippen LogP) is 4.88.